The predicted octanol–water partition coefficient (Wildman–Crippen LogP) is 1.78. The SMILES string of the molecule is C[C@@H](NC(=O)NCc1cc(Br)cs1)C(=O)O. The lowest BCUT2D eigenvalue weighted by molar-refractivity contribution is -0.138. The first-order valence-corrected chi connectivity index (χ1v) is 6.16. The zero-order valence-electron chi connectivity index (χ0n) is 8.49. The monoisotopic (exact) mass is 306 g/mol. The average Bonchev–Trinajstić information content (AvgIpc) is 2.61. The molecule has 0 aliphatic heterocycles. The molecule has 0 aliphatic rings. The molecule has 0 bridgehead atoms. The number of thiophene rings is 1. The summed E-state index contributed by atoms with van der Waals surface area (Å²) < 4.78 is 0.966. The number of carbonyl (C=O) groups excluding carboxylic acids is 1. The molecule has 0 aliphatic carbocycles. The summed E-state index contributed by atoms with van der Waals surface area (Å²) in [6, 6.07) is 0.514. The van der Waals surface area contributed by atoms with E-state index in [1.165, 1.54) is 18.3 Å². The number of aliphatic carboxylic acids is 1. The minimum Gasteiger partial charge on any atom is -0.480 e. The van der Waals surface area contributed by atoms with E-state index in [2.05, 4.69) is 26.6 Å². The second-order valence-corrected chi connectivity index (χ2v) is 5.03. The molecule has 16 heavy (non-hydrogen) atoms. The number of carboxylic acids is 1. The molecule has 0 saturated carbocycles. The van der Waals surface area contributed by atoms with Crippen molar-refractivity contribution in [1.29, 1.82) is 0 Å². The number of halogens is 1. The van der Waals surface area contributed by atoms with Gasteiger partial charge in [-0.25, -0.2) is 4.79 Å². The minimum absolute atomic E-state index is 0.383. The average molecular weight is 307 g/mol. The summed E-state index contributed by atoms with van der Waals surface area (Å²) in [5, 5.41) is 15.4. The maximum Gasteiger partial charge on any atom is 0.325 e. The van der Waals surface area contributed by atoms with Crippen LogP contribution in [0.4, 0.5) is 4.79 Å². The highest BCUT2D eigenvalue weighted by molar-refractivity contribution is 9.10. The molecule has 2 amide bonds. The first-order valence-electron chi connectivity index (χ1n) is 4.49. The molecule has 1 aromatic heterocycles. The number of rotatable bonds is 4. The van der Waals surface area contributed by atoms with Crippen LogP contribution in [0.2, 0.25) is 0 Å². The van der Waals surface area contributed by atoms with Gasteiger partial charge in [0.2, 0.25) is 0 Å². The molecular formula is C9H11BrN2O3S. The van der Waals surface area contributed by atoms with Crippen molar-refractivity contribution < 1.29 is 14.7 Å². The second kappa shape index (κ2) is 5.86. The smallest absolute Gasteiger partial charge is 0.325 e. The van der Waals surface area contributed by atoms with Gasteiger partial charge in [-0.2, -0.15) is 0 Å². The number of hydrogen-bond acceptors (Lipinski definition) is 3. The Hall–Kier alpha value is -1.08. The number of urea groups is 1. The van der Waals surface area contributed by atoms with E-state index < -0.39 is 18.0 Å². The van der Waals surface area contributed by atoms with Crippen molar-refractivity contribution >= 4 is 39.3 Å². The Morgan fingerprint density at radius 2 is 2.31 bits per heavy atom. The fourth-order valence-corrected chi connectivity index (χ4v) is 2.31. The van der Waals surface area contributed by atoms with Crippen molar-refractivity contribution in [2.45, 2.75) is 19.5 Å². The van der Waals surface area contributed by atoms with Crippen LogP contribution in [0, 0.1) is 0 Å². The Balaban J connectivity index is 2.33. The fraction of sp³-hybridized carbons (Fsp3) is 0.333. The molecule has 1 heterocycles. The molecule has 1 rings (SSSR count). The molecule has 3 N–H and O–H groups in total. The molecule has 0 saturated heterocycles. The molecule has 1 aromatic rings. The molecule has 0 spiro atoms. The third-order valence-corrected chi connectivity index (χ3v) is 3.46. The lowest BCUT2D eigenvalue weighted by Gasteiger charge is -2.09. The van der Waals surface area contributed by atoms with E-state index in [9.17, 15) is 9.59 Å². The van der Waals surface area contributed by atoms with Crippen LogP contribution >= 0.6 is 27.3 Å². The molecular weight excluding hydrogens is 296 g/mol. The summed E-state index contributed by atoms with van der Waals surface area (Å²) in [4.78, 5) is 22.7. The Kier molecular flexibility index (Phi) is 4.75. The normalized spacial score (nSPS) is 11.9. The predicted molar refractivity (Wildman–Crippen MR) is 64.5 cm³/mol. The summed E-state index contributed by atoms with van der Waals surface area (Å²) in [6.45, 7) is 1.79. The number of carbonyl (C=O) groups is 2. The standard InChI is InChI=1S/C9H11BrN2O3S/c1-5(8(13)14)12-9(15)11-3-7-2-6(10)4-16-7/h2,4-5H,3H2,1H3,(H,13,14)(H2,11,12,15)/t5-/m1/s1. The summed E-state index contributed by atoms with van der Waals surface area (Å²) >= 11 is 4.81. The van der Waals surface area contributed by atoms with Crippen molar-refractivity contribution in [3.05, 3.63) is 20.8 Å². The molecule has 0 radical (unpaired) electrons. The van der Waals surface area contributed by atoms with E-state index >= 15 is 0 Å². The lowest BCUT2D eigenvalue weighted by atomic mass is 10.3. The van der Waals surface area contributed by atoms with Crippen LogP contribution in [0.15, 0.2) is 15.9 Å². The van der Waals surface area contributed by atoms with Gasteiger partial charge < -0.3 is 15.7 Å². The summed E-state index contributed by atoms with van der Waals surface area (Å²) in [5.41, 5.74) is 0. The quantitative estimate of drug-likeness (QED) is 0.793. The number of hydrogen-bond donors (Lipinski definition) is 3. The molecule has 0 unspecified atom stereocenters. The van der Waals surface area contributed by atoms with Crippen LogP contribution in [0.5, 0.6) is 0 Å². The van der Waals surface area contributed by atoms with Gasteiger partial charge in [0.15, 0.2) is 0 Å². The largest absolute Gasteiger partial charge is 0.480 e. The summed E-state index contributed by atoms with van der Waals surface area (Å²) in [7, 11) is 0. The van der Waals surface area contributed by atoms with E-state index in [0.717, 1.165) is 9.35 Å². The number of amides is 2. The van der Waals surface area contributed by atoms with Gasteiger partial charge in [-0.15, -0.1) is 11.3 Å². The van der Waals surface area contributed by atoms with Gasteiger partial charge in [0.25, 0.3) is 0 Å². The van der Waals surface area contributed by atoms with Gasteiger partial charge in [-0.3, -0.25) is 4.79 Å². The van der Waals surface area contributed by atoms with E-state index in [0.29, 0.717) is 6.54 Å². The van der Waals surface area contributed by atoms with Crippen molar-refractivity contribution in [2.75, 3.05) is 0 Å². The highest BCUT2D eigenvalue weighted by atomic mass is 79.9. The topological polar surface area (TPSA) is 78.4 Å². The van der Waals surface area contributed by atoms with Gasteiger partial charge in [-0.1, -0.05) is 0 Å². The Labute approximate surface area is 105 Å². The van der Waals surface area contributed by atoms with Gasteiger partial charge in [-0.05, 0) is 28.9 Å². The highest BCUT2D eigenvalue weighted by Crippen LogP contribution is 2.19. The molecule has 0 fully saturated rings. The zero-order chi connectivity index (χ0) is 12.1. The van der Waals surface area contributed by atoms with Crippen LogP contribution < -0.4 is 10.6 Å². The maximum atomic E-state index is 11.2. The maximum absolute atomic E-state index is 11.2. The molecule has 5 nitrogen and oxygen atoms in total. The summed E-state index contributed by atoms with van der Waals surface area (Å²) in [5.74, 6) is -1.06. The Bertz CT molecular complexity index is 394. The van der Waals surface area contributed by atoms with Crippen LogP contribution in [0.3, 0.4) is 0 Å². The van der Waals surface area contributed by atoms with Gasteiger partial charge in [0.05, 0.1) is 6.54 Å². The Morgan fingerprint density at radius 3 is 2.81 bits per heavy atom. The van der Waals surface area contributed by atoms with E-state index in [-0.39, 0.29) is 0 Å². The summed E-state index contributed by atoms with van der Waals surface area (Å²) in [6.07, 6.45) is 0. The molecule has 7 heteroatoms. The third-order valence-electron chi connectivity index (χ3n) is 1.76. The third kappa shape index (κ3) is 4.19. The fourth-order valence-electron chi connectivity index (χ4n) is 0.923. The number of carboxylic acid groups (broad SMARTS) is 1. The highest BCUT2D eigenvalue weighted by Gasteiger charge is 2.13. The molecule has 0 aromatic carbocycles. The molecule has 88 valence electrons. The van der Waals surface area contributed by atoms with Crippen LogP contribution in [0.25, 0.3) is 0 Å². The second-order valence-electron chi connectivity index (χ2n) is 3.12. The van der Waals surface area contributed by atoms with Gasteiger partial charge >= 0.3 is 12.0 Å². The van der Waals surface area contributed by atoms with E-state index in [1.807, 2.05) is 11.4 Å². The number of nitrogens with one attached hydrogen (secondary N) is 2. The van der Waals surface area contributed by atoms with E-state index in [1.54, 1.807) is 0 Å². The van der Waals surface area contributed by atoms with Crippen molar-refractivity contribution in [3.8, 4) is 0 Å². The van der Waals surface area contributed by atoms with E-state index in [4.69, 9.17) is 5.11 Å². The van der Waals surface area contributed by atoms with Gasteiger partial charge in [0.1, 0.15) is 6.04 Å². The zero-order valence-corrected chi connectivity index (χ0v) is 10.9. The Morgan fingerprint density at radius 1 is 1.62 bits per heavy atom. The van der Waals surface area contributed by atoms with Crippen molar-refractivity contribution in [1.82, 2.24) is 10.6 Å². The lowest BCUT2D eigenvalue weighted by Crippen LogP contribution is -2.43. The van der Waals surface area contributed by atoms with Crippen LogP contribution in [-0.2, 0) is 11.3 Å². The van der Waals surface area contributed by atoms with Gasteiger partial charge in [0, 0.05) is 14.7 Å². The minimum atomic E-state index is -1.06. The van der Waals surface area contributed by atoms with Crippen molar-refractivity contribution in [2.24, 2.45) is 0 Å². The molecule has 1 atom stereocenters. The van der Waals surface area contributed by atoms with Crippen LogP contribution in [-0.4, -0.2) is 23.1 Å². The van der Waals surface area contributed by atoms with Crippen LogP contribution in [0.1, 0.15) is 11.8 Å². The first-order chi connectivity index (χ1) is 7.49. The first kappa shape index (κ1) is 13.0. The van der Waals surface area contributed by atoms with Crippen molar-refractivity contribution in [3.63, 3.8) is 0 Å².